The van der Waals surface area contributed by atoms with Crippen LogP contribution in [0.2, 0.25) is 0 Å². The molecule has 0 aliphatic carbocycles. The van der Waals surface area contributed by atoms with Gasteiger partial charge in [-0.1, -0.05) is 18.1 Å². The summed E-state index contributed by atoms with van der Waals surface area (Å²) in [5.41, 5.74) is 1.49. The highest BCUT2D eigenvalue weighted by atomic mass is 79.9. The minimum atomic E-state index is -0.340. The molecule has 144 valence electrons. The van der Waals surface area contributed by atoms with E-state index in [1.54, 1.807) is 29.2 Å². The Morgan fingerprint density at radius 3 is 3.04 bits per heavy atom. The van der Waals surface area contributed by atoms with Crippen molar-refractivity contribution >= 4 is 27.9 Å². The largest absolute Gasteiger partial charge is 0.491 e. The zero-order chi connectivity index (χ0) is 19.9. The van der Waals surface area contributed by atoms with Crippen LogP contribution in [0.15, 0.2) is 53.0 Å². The third kappa shape index (κ3) is 5.44. The maximum Gasteiger partial charge on any atom is 0.246 e. The Hall–Kier alpha value is -2.62. The topological polar surface area (TPSA) is 38.8 Å². The van der Waals surface area contributed by atoms with Crippen molar-refractivity contribution in [3.05, 3.63) is 70.0 Å². The molecule has 1 amide bonds. The number of halogens is 2. The Morgan fingerprint density at radius 1 is 1.39 bits per heavy atom. The van der Waals surface area contributed by atoms with Crippen LogP contribution in [0, 0.1) is 18.2 Å². The lowest BCUT2D eigenvalue weighted by Gasteiger charge is -2.32. The second-order valence-electron chi connectivity index (χ2n) is 6.27. The molecular formula is C22H19BrFNO3. The molecule has 0 bridgehead atoms. The molecule has 0 N–H and O–H groups in total. The number of nitrogens with zero attached hydrogens (tertiary/aromatic N) is 1. The fourth-order valence-corrected chi connectivity index (χ4v) is 3.17. The smallest absolute Gasteiger partial charge is 0.246 e. The third-order valence-electron chi connectivity index (χ3n) is 4.25. The first-order valence-electron chi connectivity index (χ1n) is 8.78. The second kappa shape index (κ2) is 9.54. The summed E-state index contributed by atoms with van der Waals surface area (Å²) in [7, 11) is 0. The molecule has 1 heterocycles. The molecule has 1 atom stereocenters. The lowest BCUT2D eigenvalue weighted by Crippen LogP contribution is -2.47. The van der Waals surface area contributed by atoms with Gasteiger partial charge in [-0.3, -0.25) is 4.79 Å². The van der Waals surface area contributed by atoms with Crippen LogP contribution < -0.4 is 4.74 Å². The van der Waals surface area contributed by atoms with Crippen molar-refractivity contribution in [2.24, 2.45) is 0 Å². The average Bonchev–Trinajstić information content (AvgIpc) is 2.73. The Balaban J connectivity index is 1.54. The quantitative estimate of drug-likeness (QED) is 0.519. The van der Waals surface area contributed by atoms with E-state index in [9.17, 15) is 9.18 Å². The number of ether oxygens (including phenoxy) is 2. The molecule has 28 heavy (non-hydrogen) atoms. The van der Waals surface area contributed by atoms with Crippen molar-refractivity contribution in [1.29, 1.82) is 0 Å². The van der Waals surface area contributed by atoms with Gasteiger partial charge in [-0.2, -0.15) is 0 Å². The van der Waals surface area contributed by atoms with Crippen molar-refractivity contribution in [1.82, 2.24) is 4.90 Å². The molecule has 2 aromatic rings. The van der Waals surface area contributed by atoms with Gasteiger partial charge in [0, 0.05) is 18.2 Å². The zero-order valence-electron chi connectivity index (χ0n) is 15.1. The molecule has 4 nitrogen and oxygen atoms in total. The Bertz CT molecular complexity index is 922. The van der Waals surface area contributed by atoms with Crippen LogP contribution in [0.25, 0.3) is 6.08 Å². The summed E-state index contributed by atoms with van der Waals surface area (Å²) >= 11 is 3.14. The van der Waals surface area contributed by atoms with Crippen LogP contribution in [0.3, 0.4) is 0 Å². The van der Waals surface area contributed by atoms with Crippen molar-refractivity contribution in [2.45, 2.75) is 6.10 Å². The SMILES string of the molecule is C#Cc1cccc(OCC2CN(C(=O)C=Cc3ccc(F)c(Br)c3)CCO2)c1. The summed E-state index contributed by atoms with van der Waals surface area (Å²) in [5.74, 6) is 2.77. The van der Waals surface area contributed by atoms with Crippen molar-refractivity contribution in [3.8, 4) is 18.1 Å². The van der Waals surface area contributed by atoms with E-state index in [0.29, 0.717) is 36.5 Å². The van der Waals surface area contributed by atoms with Crippen LogP contribution in [0.4, 0.5) is 4.39 Å². The summed E-state index contributed by atoms with van der Waals surface area (Å²) in [6.07, 6.45) is 8.32. The van der Waals surface area contributed by atoms with Gasteiger partial charge in [0.2, 0.25) is 5.91 Å². The van der Waals surface area contributed by atoms with E-state index in [-0.39, 0.29) is 17.8 Å². The number of carbonyl (C=O) groups is 1. The number of terminal acetylenes is 1. The highest BCUT2D eigenvalue weighted by Crippen LogP contribution is 2.18. The van der Waals surface area contributed by atoms with Crippen molar-refractivity contribution in [3.63, 3.8) is 0 Å². The standard InChI is InChI=1S/C22H19BrFNO3/c1-2-16-4-3-5-18(12-16)28-15-19-14-25(10-11-27-19)22(26)9-7-17-6-8-21(24)20(23)13-17/h1,3-9,12-13,19H,10-11,14-15H2. The van der Waals surface area contributed by atoms with Gasteiger partial charge in [-0.05, 0) is 57.9 Å². The fraction of sp³-hybridized carbons (Fsp3) is 0.227. The zero-order valence-corrected chi connectivity index (χ0v) is 16.7. The lowest BCUT2D eigenvalue weighted by atomic mass is 10.2. The summed E-state index contributed by atoms with van der Waals surface area (Å²) in [4.78, 5) is 14.2. The van der Waals surface area contributed by atoms with Gasteiger partial charge in [-0.15, -0.1) is 6.42 Å². The first-order chi connectivity index (χ1) is 13.5. The van der Waals surface area contributed by atoms with Crippen LogP contribution >= 0.6 is 15.9 Å². The maximum atomic E-state index is 13.3. The van der Waals surface area contributed by atoms with Gasteiger partial charge in [0.15, 0.2) is 0 Å². The van der Waals surface area contributed by atoms with Gasteiger partial charge in [0.1, 0.15) is 24.3 Å². The molecule has 1 fully saturated rings. The molecule has 6 heteroatoms. The highest BCUT2D eigenvalue weighted by molar-refractivity contribution is 9.10. The van der Waals surface area contributed by atoms with Crippen LogP contribution in [0.1, 0.15) is 11.1 Å². The molecule has 2 aromatic carbocycles. The number of carbonyl (C=O) groups excluding carboxylic acids is 1. The molecule has 0 spiro atoms. The van der Waals surface area contributed by atoms with Crippen LogP contribution in [-0.4, -0.2) is 43.2 Å². The van der Waals surface area contributed by atoms with Gasteiger partial charge < -0.3 is 14.4 Å². The summed E-state index contributed by atoms with van der Waals surface area (Å²) in [5, 5.41) is 0. The van der Waals surface area contributed by atoms with Crippen molar-refractivity contribution < 1.29 is 18.7 Å². The summed E-state index contributed by atoms with van der Waals surface area (Å²) < 4.78 is 25.1. The Labute approximate surface area is 172 Å². The molecule has 1 saturated heterocycles. The maximum absolute atomic E-state index is 13.3. The lowest BCUT2D eigenvalue weighted by molar-refractivity contribution is -0.134. The summed E-state index contributed by atoms with van der Waals surface area (Å²) in [6.45, 7) is 1.72. The van der Waals surface area contributed by atoms with Gasteiger partial charge in [0.25, 0.3) is 0 Å². The van der Waals surface area contributed by atoms with E-state index in [2.05, 4.69) is 21.9 Å². The number of morpholine rings is 1. The van der Waals surface area contributed by atoms with E-state index < -0.39 is 0 Å². The van der Waals surface area contributed by atoms with E-state index in [1.165, 1.54) is 12.1 Å². The number of rotatable bonds is 5. The van der Waals surface area contributed by atoms with Crippen molar-refractivity contribution in [2.75, 3.05) is 26.3 Å². The average molecular weight is 444 g/mol. The van der Waals surface area contributed by atoms with Crippen LogP contribution in [-0.2, 0) is 9.53 Å². The number of hydrogen-bond donors (Lipinski definition) is 0. The molecule has 0 radical (unpaired) electrons. The summed E-state index contributed by atoms with van der Waals surface area (Å²) in [6, 6.07) is 11.9. The minimum absolute atomic E-state index is 0.122. The monoisotopic (exact) mass is 443 g/mol. The molecular weight excluding hydrogens is 425 g/mol. The Morgan fingerprint density at radius 2 is 2.25 bits per heavy atom. The van der Waals surface area contributed by atoms with E-state index in [4.69, 9.17) is 15.9 Å². The molecule has 1 unspecified atom stereocenters. The second-order valence-corrected chi connectivity index (χ2v) is 7.12. The highest BCUT2D eigenvalue weighted by Gasteiger charge is 2.23. The van der Waals surface area contributed by atoms with E-state index >= 15 is 0 Å². The molecule has 1 aliphatic rings. The molecule has 0 aromatic heterocycles. The number of amides is 1. The van der Waals surface area contributed by atoms with Gasteiger partial charge in [-0.25, -0.2) is 4.39 Å². The van der Waals surface area contributed by atoms with Gasteiger partial charge in [0.05, 0.1) is 17.6 Å². The normalized spacial score (nSPS) is 16.8. The minimum Gasteiger partial charge on any atom is -0.491 e. The van der Waals surface area contributed by atoms with Crippen LogP contribution in [0.5, 0.6) is 5.75 Å². The first-order valence-corrected chi connectivity index (χ1v) is 9.57. The predicted octanol–water partition coefficient (Wildman–Crippen LogP) is 3.89. The van der Waals surface area contributed by atoms with E-state index in [0.717, 1.165) is 11.1 Å². The van der Waals surface area contributed by atoms with E-state index in [1.807, 2.05) is 18.2 Å². The predicted molar refractivity (Wildman–Crippen MR) is 109 cm³/mol. The molecule has 0 saturated carbocycles. The number of benzene rings is 2. The Kier molecular flexibility index (Phi) is 6.85. The third-order valence-corrected chi connectivity index (χ3v) is 4.86. The fourth-order valence-electron chi connectivity index (χ4n) is 2.77. The van der Waals surface area contributed by atoms with Gasteiger partial charge >= 0.3 is 0 Å². The molecule has 3 rings (SSSR count). The molecule has 1 aliphatic heterocycles. The number of hydrogen-bond acceptors (Lipinski definition) is 3. The first kappa shape index (κ1) is 20.1.